The van der Waals surface area contributed by atoms with Crippen molar-refractivity contribution >= 4 is 5.65 Å². The SMILES string of the molecule is CN1CC(c2ccc3nccn3c2)c2ccccc2C1N1CCCCC1. The summed E-state index contributed by atoms with van der Waals surface area (Å²) in [6.07, 6.45) is 10.6. The van der Waals surface area contributed by atoms with Gasteiger partial charge in [-0.25, -0.2) is 4.98 Å². The van der Waals surface area contributed by atoms with Crippen molar-refractivity contribution < 1.29 is 0 Å². The Morgan fingerprint density at radius 3 is 2.62 bits per heavy atom. The second-order valence-corrected chi connectivity index (χ2v) is 7.75. The molecule has 2 aliphatic heterocycles. The van der Waals surface area contributed by atoms with Crippen LogP contribution in [0.15, 0.2) is 55.0 Å². The van der Waals surface area contributed by atoms with Gasteiger partial charge in [0.05, 0.1) is 6.17 Å². The van der Waals surface area contributed by atoms with Crippen LogP contribution < -0.4 is 0 Å². The van der Waals surface area contributed by atoms with Crippen molar-refractivity contribution in [2.45, 2.75) is 31.3 Å². The number of nitrogens with zero attached hydrogens (tertiary/aromatic N) is 4. The lowest BCUT2D eigenvalue weighted by atomic mass is 9.83. The van der Waals surface area contributed by atoms with Gasteiger partial charge in [-0.2, -0.15) is 0 Å². The zero-order chi connectivity index (χ0) is 17.5. The fourth-order valence-electron chi connectivity index (χ4n) is 4.85. The molecule has 134 valence electrons. The molecule has 2 atom stereocenters. The highest BCUT2D eigenvalue weighted by Crippen LogP contribution is 2.40. The smallest absolute Gasteiger partial charge is 0.136 e. The molecule has 0 N–H and O–H groups in total. The second-order valence-electron chi connectivity index (χ2n) is 7.75. The van der Waals surface area contributed by atoms with Crippen molar-refractivity contribution in [3.8, 4) is 0 Å². The molecule has 1 fully saturated rings. The third-order valence-corrected chi connectivity index (χ3v) is 6.09. The van der Waals surface area contributed by atoms with Gasteiger partial charge in [0.2, 0.25) is 0 Å². The van der Waals surface area contributed by atoms with Crippen LogP contribution in [0.25, 0.3) is 5.65 Å². The monoisotopic (exact) mass is 346 g/mol. The molecule has 0 amide bonds. The summed E-state index contributed by atoms with van der Waals surface area (Å²) in [7, 11) is 2.29. The molecule has 0 radical (unpaired) electrons. The van der Waals surface area contributed by atoms with Crippen LogP contribution in [-0.4, -0.2) is 45.9 Å². The van der Waals surface area contributed by atoms with E-state index in [0.29, 0.717) is 12.1 Å². The van der Waals surface area contributed by atoms with E-state index in [1.165, 1.54) is 49.0 Å². The van der Waals surface area contributed by atoms with Gasteiger partial charge in [0, 0.05) is 31.1 Å². The zero-order valence-corrected chi connectivity index (χ0v) is 15.4. The number of likely N-dealkylation sites (tertiary alicyclic amines) is 1. The van der Waals surface area contributed by atoms with E-state index in [1.807, 2.05) is 12.4 Å². The summed E-state index contributed by atoms with van der Waals surface area (Å²) >= 11 is 0. The summed E-state index contributed by atoms with van der Waals surface area (Å²) in [5.74, 6) is 0.407. The van der Waals surface area contributed by atoms with Gasteiger partial charge >= 0.3 is 0 Å². The topological polar surface area (TPSA) is 23.8 Å². The molecule has 0 aliphatic carbocycles. The first-order valence-corrected chi connectivity index (χ1v) is 9.77. The Hall–Kier alpha value is -2.17. The lowest BCUT2D eigenvalue weighted by molar-refractivity contribution is 0.0337. The van der Waals surface area contributed by atoms with Crippen LogP contribution in [0, 0.1) is 0 Å². The summed E-state index contributed by atoms with van der Waals surface area (Å²) in [4.78, 5) is 9.61. The van der Waals surface area contributed by atoms with Gasteiger partial charge < -0.3 is 4.40 Å². The van der Waals surface area contributed by atoms with Gasteiger partial charge in [-0.1, -0.05) is 36.8 Å². The van der Waals surface area contributed by atoms with E-state index >= 15 is 0 Å². The average molecular weight is 346 g/mol. The van der Waals surface area contributed by atoms with Crippen molar-refractivity contribution in [3.63, 3.8) is 0 Å². The van der Waals surface area contributed by atoms with Crippen LogP contribution in [0.1, 0.15) is 48.0 Å². The van der Waals surface area contributed by atoms with Crippen LogP contribution >= 0.6 is 0 Å². The fraction of sp³-hybridized carbons (Fsp3) is 0.409. The average Bonchev–Trinajstić information content (AvgIpc) is 3.16. The molecule has 2 aromatic heterocycles. The van der Waals surface area contributed by atoms with Crippen molar-refractivity contribution in [2.75, 3.05) is 26.7 Å². The lowest BCUT2D eigenvalue weighted by Crippen LogP contribution is -2.46. The third kappa shape index (κ3) is 2.65. The van der Waals surface area contributed by atoms with Gasteiger partial charge in [-0.15, -0.1) is 0 Å². The van der Waals surface area contributed by atoms with Crippen LogP contribution in [0.2, 0.25) is 0 Å². The van der Waals surface area contributed by atoms with Crippen molar-refractivity contribution in [2.24, 2.45) is 0 Å². The Labute approximate surface area is 155 Å². The molecule has 26 heavy (non-hydrogen) atoms. The highest BCUT2D eigenvalue weighted by Gasteiger charge is 2.35. The van der Waals surface area contributed by atoms with Crippen molar-refractivity contribution in [1.29, 1.82) is 0 Å². The Morgan fingerprint density at radius 2 is 1.77 bits per heavy atom. The number of hydrogen-bond acceptors (Lipinski definition) is 3. The molecule has 4 nitrogen and oxygen atoms in total. The maximum atomic E-state index is 4.38. The minimum absolute atomic E-state index is 0.407. The van der Waals surface area contributed by atoms with E-state index in [9.17, 15) is 0 Å². The van der Waals surface area contributed by atoms with E-state index < -0.39 is 0 Å². The fourth-order valence-corrected chi connectivity index (χ4v) is 4.85. The number of benzene rings is 1. The van der Waals surface area contributed by atoms with Gasteiger partial charge in [-0.05, 0) is 55.7 Å². The van der Waals surface area contributed by atoms with E-state index in [1.54, 1.807) is 0 Å². The van der Waals surface area contributed by atoms with Crippen LogP contribution in [-0.2, 0) is 0 Å². The minimum Gasteiger partial charge on any atom is -0.307 e. The molecule has 2 unspecified atom stereocenters. The molecule has 5 rings (SSSR count). The van der Waals surface area contributed by atoms with Crippen molar-refractivity contribution in [3.05, 3.63) is 71.7 Å². The standard InChI is InChI=1S/C22H26N4/c1-24-16-20(17-9-10-21-23-11-14-26(21)15-17)18-7-3-4-8-19(18)22(24)25-12-5-2-6-13-25/h3-4,7-11,14-15,20,22H,2,5-6,12-13,16H2,1H3. The first-order chi connectivity index (χ1) is 12.8. The molecule has 1 aromatic carbocycles. The maximum absolute atomic E-state index is 4.38. The Morgan fingerprint density at radius 1 is 0.962 bits per heavy atom. The predicted octanol–water partition coefficient (Wildman–Crippen LogP) is 3.90. The quantitative estimate of drug-likeness (QED) is 0.703. The molecule has 4 heteroatoms. The van der Waals surface area contributed by atoms with Gasteiger partial charge in [-0.3, -0.25) is 9.80 Å². The lowest BCUT2D eigenvalue weighted by Gasteiger charge is -2.46. The van der Waals surface area contributed by atoms with Gasteiger partial charge in [0.25, 0.3) is 0 Å². The highest BCUT2D eigenvalue weighted by molar-refractivity contribution is 5.45. The van der Waals surface area contributed by atoms with E-state index in [2.05, 4.69) is 68.8 Å². The molecule has 1 saturated heterocycles. The first-order valence-electron chi connectivity index (χ1n) is 9.77. The number of hydrogen-bond donors (Lipinski definition) is 0. The number of fused-ring (bicyclic) bond motifs is 2. The molecule has 4 heterocycles. The molecule has 3 aromatic rings. The Bertz CT molecular complexity index is 909. The minimum atomic E-state index is 0.407. The van der Waals surface area contributed by atoms with Gasteiger partial charge in [0.1, 0.15) is 5.65 Å². The number of aromatic nitrogens is 2. The number of pyridine rings is 1. The molecular weight excluding hydrogens is 320 g/mol. The maximum Gasteiger partial charge on any atom is 0.136 e. The van der Waals surface area contributed by atoms with Crippen LogP contribution in [0.4, 0.5) is 0 Å². The van der Waals surface area contributed by atoms with Crippen LogP contribution in [0.5, 0.6) is 0 Å². The molecule has 2 aliphatic rings. The van der Waals surface area contributed by atoms with E-state index in [-0.39, 0.29) is 0 Å². The Balaban J connectivity index is 1.56. The number of piperidine rings is 1. The first kappa shape index (κ1) is 16.0. The van der Waals surface area contributed by atoms with E-state index in [4.69, 9.17) is 0 Å². The summed E-state index contributed by atoms with van der Waals surface area (Å²) < 4.78 is 2.13. The predicted molar refractivity (Wildman–Crippen MR) is 104 cm³/mol. The van der Waals surface area contributed by atoms with Crippen LogP contribution in [0.3, 0.4) is 0 Å². The summed E-state index contributed by atoms with van der Waals surface area (Å²) in [5, 5.41) is 0. The number of likely N-dealkylation sites (N-methyl/N-ethyl adjacent to an activating group) is 1. The third-order valence-electron chi connectivity index (χ3n) is 6.09. The Kier molecular flexibility index (Phi) is 4.03. The number of rotatable bonds is 2. The van der Waals surface area contributed by atoms with Crippen molar-refractivity contribution in [1.82, 2.24) is 19.2 Å². The molecule has 0 spiro atoms. The number of imidazole rings is 1. The molecule has 0 saturated carbocycles. The summed E-state index contributed by atoms with van der Waals surface area (Å²) in [6.45, 7) is 3.49. The summed E-state index contributed by atoms with van der Waals surface area (Å²) in [6, 6.07) is 13.5. The molecular formula is C22H26N4. The van der Waals surface area contributed by atoms with Gasteiger partial charge in [0.15, 0.2) is 0 Å². The summed E-state index contributed by atoms with van der Waals surface area (Å²) in [5.41, 5.74) is 5.35. The molecule has 0 bridgehead atoms. The largest absolute Gasteiger partial charge is 0.307 e. The second kappa shape index (κ2) is 6.53. The normalized spacial score (nSPS) is 24.7. The zero-order valence-electron chi connectivity index (χ0n) is 15.4. The highest BCUT2D eigenvalue weighted by atomic mass is 15.3. The van der Waals surface area contributed by atoms with E-state index in [0.717, 1.165) is 12.2 Å².